The van der Waals surface area contributed by atoms with Crippen LogP contribution in [0.3, 0.4) is 0 Å². The molecule has 90 valence electrons. The van der Waals surface area contributed by atoms with Crippen molar-refractivity contribution in [2.45, 2.75) is 13.8 Å². The number of hydrogen-bond donors (Lipinski definition) is 0. The molecule has 0 saturated carbocycles. The first-order valence-corrected chi connectivity index (χ1v) is 6.19. The molecule has 2 nitrogen and oxygen atoms in total. The van der Waals surface area contributed by atoms with Crippen LogP contribution < -0.4 is 9.47 Å². The molecule has 0 atom stereocenters. The maximum absolute atomic E-state index is 5.44. The highest BCUT2D eigenvalue weighted by atomic mass is 79.9. The maximum Gasteiger partial charge on any atom is 0.130 e. The highest BCUT2D eigenvalue weighted by Gasteiger charge is 2.13. The highest BCUT2D eigenvalue weighted by molar-refractivity contribution is 9.10. The van der Waals surface area contributed by atoms with E-state index in [1.54, 1.807) is 14.2 Å². The molecular formula is C14H15BrO2. The number of methoxy groups -OCH3 is 2. The summed E-state index contributed by atoms with van der Waals surface area (Å²) in [6, 6.07) is 6.17. The quantitative estimate of drug-likeness (QED) is 0.825. The molecule has 0 amide bonds. The topological polar surface area (TPSA) is 18.5 Å². The fourth-order valence-corrected chi connectivity index (χ4v) is 2.47. The second-order valence-corrected chi connectivity index (χ2v) is 4.89. The molecule has 0 fully saturated rings. The summed E-state index contributed by atoms with van der Waals surface area (Å²) in [5, 5.41) is 2.14. The third-order valence-corrected chi connectivity index (χ3v) is 3.92. The van der Waals surface area contributed by atoms with Crippen LogP contribution in [0.4, 0.5) is 0 Å². The second kappa shape index (κ2) is 4.57. The molecule has 2 aromatic carbocycles. The van der Waals surface area contributed by atoms with Gasteiger partial charge in [0.05, 0.1) is 19.6 Å². The van der Waals surface area contributed by atoms with Crippen LogP contribution in [0.5, 0.6) is 11.5 Å². The second-order valence-electron chi connectivity index (χ2n) is 4.10. The Morgan fingerprint density at radius 1 is 0.941 bits per heavy atom. The van der Waals surface area contributed by atoms with Gasteiger partial charge in [0.25, 0.3) is 0 Å². The van der Waals surface area contributed by atoms with Crippen LogP contribution in [0.15, 0.2) is 22.7 Å². The van der Waals surface area contributed by atoms with Crippen LogP contribution in [0.1, 0.15) is 11.1 Å². The predicted octanol–water partition coefficient (Wildman–Crippen LogP) is 4.24. The van der Waals surface area contributed by atoms with Gasteiger partial charge >= 0.3 is 0 Å². The van der Waals surface area contributed by atoms with Gasteiger partial charge in [-0.25, -0.2) is 0 Å². The van der Waals surface area contributed by atoms with E-state index in [0.717, 1.165) is 32.3 Å². The first kappa shape index (κ1) is 12.2. The van der Waals surface area contributed by atoms with Gasteiger partial charge in [0, 0.05) is 9.86 Å². The zero-order chi connectivity index (χ0) is 12.6. The van der Waals surface area contributed by atoms with E-state index in [-0.39, 0.29) is 0 Å². The van der Waals surface area contributed by atoms with Gasteiger partial charge in [0.1, 0.15) is 11.5 Å². The lowest BCUT2D eigenvalue weighted by atomic mass is 10.0. The van der Waals surface area contributed by atoms with Gasteiger partial charge in [-0.3, -0.25) is 0 Å². The van der Waals surface area contributed by atoms with Gasteiger partial charge in [-0.05, 0) is 59.1 Å². The van der Waals surface area contributed by atoms with E-state index in [9.17, 15) is 0 Å². The summed E-state index contributed by atoms with van der Waals surface area (Å²) in [7, 11) is 3.36. The molecule has 2 rings (SSSR count). The summed E-state index contributed by atoms with van der Waals surface area (Å²) in [4.78, 5) is 0. The van der Waals surface area contributed by atoms with Crippen molar-refractivity contribution in [2.24, 2.45) is 0 Å². The molecule has 0 unspecified atom stereocenters. The van der Waals surface area contributed by atoms with E-state index in [1.165, 1.54) is 5.56 Å². The monoisotopic (exact) mass is 294 g/mol. The molecule has 0 saturated heterocycles. The van der Waals surface area contributed by atoms with Crippen LogP contribution in [-0.4, -0.2) is 14.2 Å². The number of benzene rings is 2. The molecule has 0 spiro atoms. The average molecular weight is 295 g/mol. The van der Waals surface area contributed by atoms with Crippen LogP contribution in [0.25, 0.3) is 10.8 Å². The zero-order valence-corrected chi connectivity index (χ0v) is 12.0. The van der Waals surface area contributed by atoms with E-state index in [4.69, 9.17) is 9.47 Å². The SMILES string of the molecule is COc1cc(C)cc2c(Br)c(C)cc(OC)c12. The average Bonchev–Trinajstić information content (AvgIpc) is 2.32. The molecule has 0 aliphatic carbocycles. The number of halogens is 1. The number of fused-ring (bicyclic) bond motifs is 1. The van der Waals surface area contributed by atoms with Gasteiger partial charge in [0.15, 0.2) is 0 Å². The Morgan fingerprint density at radius 2 is 1.53 bits per heavy atom. The van der Waals surface area contributed by atoms with E-state index in [1.807, 2.05) is 12.1 Å². The fourth-order valence-electron chi connectivity index (χ4n) is 2.05. The summed E-state index contributed by atoms with van der Waals surface area (Å²) < 4.78 is 12.0. The Hall–Kier alpha value is -1.22. The Morgan fingerprint density at radius 3 is 2.12 bits per heavy atom. The molecule has 0 aromatic heterocycles. The van der Waals surface area contributed by atoms with E-state index in [0.29, 0.717) is 0 Å². The third kappa shape index (κ3) is 2.00. The molecule has 3 heteroatoms. The molecule has 0 aliphatic rings. The minimum Gasteiger partial charge on any atom is -0.496 e. The van der Waals surface area contributed by atoms with Crippen LogP contribution in [0.2, 0.25) is 0 Å². The van der Waals surface area contributed by atoms with Crippen molar-refractivity contribution in [3.05, 3.63) is 33.8 Å². The lowest BCUT2D eigenvalue weighted by Crippen LogP contribution is -1.93. The molecule has 0 bridgehead atoms. The summed E-state index contributed by atoms with van der Waals surface area (Å²) in [6.07, 6.45) is 0. The summed E-state index contributed by atoms with van der Waals surface area (Å²) in [6.45, 7) is 4.12. The normalized spacial score (nSPS) is 10.6. The largest absolute Gasteiger partial charge is 0.496 e. The van der Waals surface area contributed by atoms with Crippen LogP contribution in [-0.2, 0) is 0 Å². The van der Waals surface area contributed by atoms with Crippen molar-refractivity contribution in [2.75, 3.05) is 14.2 Å². The Labute approximate surface area is 110 Å². The molecule has 2 aromatic rings. The summed E-state index contributed by atoms with van der Waals surface area (Å²) in [5.41, 5.74) is 2.32. The minimum absolute atomic E-state index is 0.845. The van der Waals surface area contributed by atoms with Crippen molar-refractivity contribution in [3.8, 4) is 11.5 Å². The van der Waals surface area contributed by atoms with Gasteiger partial charge in [-0.2, -0.15) is 0 Å². The Balaban J connectivity index is 2.97. The highest BCUT2D eigenvalue weighted by Crippen LogP contribution is 2.40. The van der Waals surface area contributed by atoms with E-state index in [2.05, 4.69) is 35.8 Å². The van der Waals surface area contributed by atoms with Crippen molar-refractivity contribution < 1.29 is 9.47 Å². The predicted molar refractivity (Wildman–Crippen MR) is 74.2 cm³/mol. The maximum atomic E-state index is 5.44. The first-order chi connectivity index (χ1) is 8.08. The smallest absolute Gasteiger partial charge is 0.130 e. The fraction of sp³-hybridized carbons (Fsp3) is 0.286. The van der Waals surface area contributed by atoms with E-state index < -0.39 is 0 Å². The summed E-state index contributed by atoms with van der Waals surface area (Å²) in [5.74, 6) is 1.69. The van der Waals surface area contributed by atoms with Crippen molar-refractivity contribution >= 4 is 26.7 Å². The van der Waals surface area contributed by atoms with Gasteiger partial charge < -0.3 is 9.47 Å². The lowest BCUT2D eigenvalue weighted by Gasteiger charge is -2.14. The molecule has 0 radical (unpaired) electrons. The Bertz CT molecular complexity index is 566. The van der Waals surface area contributed by atoms with Crippen LogP contribution >= 0.6 is 15.9 Å². The molecule has 0 heterocycles. The summed E-state index contributed by atoms with van der Waals surface area (Å²) >= 11 is 3.63. The van der Waals surface area contributed by atoms with Crippen molar-refractivity contribution in [1.29, 1.82) is 0 Å². The Kier molecular flexibility index (Phi) is 3.29. The third-order valence-electron chi connectivity index (χ3n) is 2.86. The number of ether oxygens (including phenoxy) is 2. The van der Waals surface area contributed by atoms with Crippen molar-refractivity contribution in [1.82, 2.24) is 0 Å². The molecule has 17 heavy (non-hydrogen) atoms. The van der Waals surface area contributed by atoms with Gasteiger partial charge in [-0.15, -0.1) is 0 Å². The minimum atomic E-state index is 0.845. The van der Waals surface area contributed by atoms with Crippen LogP contribution in [0, 0.1) is 13.8 Å². The first-order valence-electron chi connectivity index (χ1n) is 5.40. The van der Waals surface area contributed by atoms with Crippen molar-refractivity contribution in [3.63, 3.8) is 0 Å². The standard InChI is InChI=1S/C14H15BrO2/c1-8-5-10-13(11(6-8)16-3)12(17-4)7-9(2)14(10)15/h5-7H,1-4H3. The number of aryl methyl sites for hydroxylation is 2. The zero-order valence-electron chi connectivity index (χ0n) is 10.4. The number of rotatable bonds is 2. The van der Waals surface area contributed by atoms with E-state index >= 15 is 0 Å². The molecular weight excluding hydrogens is 280 g/mol. The molecule has 0 aliphatic heterocycles. The molecule has 0 N–H and O–H groups in total. The number of hydrogen-bond acceptors (Lipinski definition) is 2. The van der Waals surface area contributed by atoms with Gasteiger partial charge in [-0.1, -0.05) is 0 Å². The lowest BCUT2D eigenvalue weighted by molar-refractivity contribution is 0.404. The van der Waals surface area contributed by atoms with Gasteiger partial charge in [0.2, 0.25) is 0 Å².